The van der Waals surface area contributed by atoms with Crippen LogP contribution < -0.4 is 10.2 Å². The van der Waals surface area contributed by atoms with Crippen LogP contribution in [0.2, 0.25) is 0 Å². The van der Waals surface area contributed by atoms with Gasteiger partial charge in [-0.25, -0.2) is 14.8 Å². The fraction of sp³-hybridized carbons (Fsp3) is 0.222. The zero-order valence-corrected chi connectivity index (χ0v) is 14.4. The van der Waals surface area contributed by atoms with Gasteiger partial charge >= 0.3 is 6.09 Å². The van der Waals surface area contributed by atoms with Crippen LogP contribution in [-0.2, 0) is 0 Å². The van der Waals surface area contributed by atoms with E-state index in [0.29, 0.717) is 49.0 Å². The standard InChI is InChI=1S/C18H18N6O3/c25-17(21-12-4-2-1-3-5-12)14-10-13-15(22-14)19-11-20-16(13)23-6-8-24(9-7-23)18(26)27/h1-5,10-11H,6-9H2,(H,21,25)(H,26,27)(H,19,20,22). The molecule has 27 heavy (non-hydrogen) atoms. The first-order valence-electron chi connectivity index (χ1n) is 8.55. The van der Waals surface area contributed by atoms with Crippen molar-refractivity contribution in [3.8, 4) is 0 Å². The summed E-state index contributed by atoms with van der Waals surface area (Å²) in [6.07, 6.45) is 0.528. The van der Waals surface area contributed by atoms with Gasteiger partial charge in [0.1, 0.15) is 23.5 Å². The number of H-pyrrole nitrogens is 1. The number of nitrogens with one attached hydrogen (secondary N) is 2. The van der Waals surface area contributed by atoms with Gasteiger partial charge < -0.3 is 25.2 Å². The van der Waals surface area contributed by atoms with E-state index in [1.54, 1.807) is 6.07 Å². The maximum Gasteiger partial charge on any atom is 0.407 e. The predicted molar refractivity (Wildman–Crippen MR) is 100 cm³/mol. The fourth-order valence-corrected chi connectivity index (χ4v) is 3.13. The molecule has 1 aromatic carbocycles. The summed E-state index contributed by atoms with van der Waals surface area (Å²) < 4.78 is 0. The first-order valence-corrected chi connectivity index (χ1v) is 8.55. The van der Waals surface area contributed by atoms with Gasteiger partial charge in [-0.15, -0.1) is 0 Å². The molecule has 0 radical (unpaired) electrons. The van der Waals surface area contributed by atoms with Crippen LogP contribution >= 0.6 is 0 Å². The van der Waals surface area contributed by atoms with Gasteiger partial charge in [-0.1, -0.05) is 18.2 Å². The number of rotatable bonds is 3. The molecule has 0 bridgehead atoms. The highest BCUT2D eigenvalue weighted by molar-refractivity contribution is 6.06. The Morgan fingerprint density at radius 2 is 1.81 bits per heavy atom. The zero-order valence-electron chi connectivity index (χ0n) is 14.4. The lowest BCUT2D eigenvalue weighted by atomic mass is 10.2. The molecule has 9 heteroatoms. The lowest BCUT2D eigenvalue weighted by Gasteiger charge is -2.33. The van der Waals surface area contributed by atoms with Crippen LogP contribution in [-0.4, -0.2) is 63.1 Å². The second-order valence-corrected chi connectivity index (χ2v) is 6.22. The molecule has 1 fully saturated rings. The molecule has 1 aliphatic rings. The monoisotopic (exact) mass is 366 g/mol. The van der Waals surface area contributed by atoms with Crippen molar-refractivity contribution in [3.05, 3.63) is 48.4 Å². The number of piperazine rings is 1. The Morgan fingerprint density at radius 3 is 2.52 bits per heavy atom. The Morgan fingerprint density at radius 1 is 1.07 bits per heavy atom. The van der Waals surface area contributed by atoms with Crippen LogP contribution in [0.3, 0.4) is 0 Å². The summed E-state index contributed by atoms with van der Waals surface area (Å²) in [4.78, 5) is 38.6. The number of carboxylic acid groups (broad SMARTS) is 1. The average Bonchev–Trinajstić information content (AvgIpc) is 3.13. The summed E-state index contributed by atoms with van der Waals surface area (Å²) in [6.45, 7) is 1.89. The summed E-state index contributed by atoms with van der Waals surface area (Å²) in [6, 6.07) is 10.9. The molecule has 4 rings (SSSR count). The molecule has 2 aromatic heterocycles. The van der Waals surface area contributed by atoms with Crippen LogP contribution in [0, 0.1) is 0 Å². The molecule has 9 nitrogen and oxygen atoms in total. The third-order valence-electron chi connectivity index (χ3n) is 4.53. The number of hydrogen-bond acceptors (Lipinski definition) is 5. The van der Waals surface area contributed by atoms with Crippen molar-refractivity contribution < 1.29 is 14.7 Å². The number of benzene rings is 1. The molecule has 1 aliphatic heterocycles. The van der Waals surface area contributed by atoms with Gasteiger partial charge in [-0.3, -0.25) is 4.79 Å². The largest absolute Gasteiger partial charge is 0.465 e. The normalized spacial score (nSPS) is 14.4. The molecule has 138 valence electrons. The minimum atomic E-state index is -0.913. The zero-order chi connectivity index (χ0) is 18.8. The summed E-state index contributed by atoms with van der Waals surface area (Å²) >= 11 is 0. The van der Waals surface area contributed by atoms with Gasteiger partial charge in [-0.05, 0) is 18.2 Å². The van der Waals surface area contributed by atoms with E-state index in [1.807, 2.05) is 35.2 Å². The van der Waals surface area contributed by atoms with Crippen molar-refractivity contribution in [2.75, 3.05) is 36.4 Å². The molecule has 0 saturated carbocycles. The Kier molecular flexibility index (Phi) is 4.33. The van der Waals surface area contributed by atoms with E-state index >= 15 is 0 Å². The van der Waals surface area contributed by atoms with Crippen molar-refractivity contribution in [1.82, 2.24) is 19.9 Å². The first-order chi connectivity index (χ1) is 13.1. The topological polar surface area (TPSA) is 114 Å². The van der Waals surface area contributed by atoms with Crippen LogP contribution in [0.4, 0.5) is 16.3 Å². The van der Waals surface area contributed by atoms with E-state index in [1.165, 1.54) is 11.2 Å². The molecule has 2 amide bonds. The number of para-hydroxylation sites is 1. The molecule has 0 unspecified atom stereocenters. The summed E-state index contributed by atoms with van der Waals surface area (Å²) in [5.41, 5.74) is 1.66. The SMILES string of the molecule is O=C(Nc1ccccc1)c1cc2c(N3CCN(C(=O)O)CC3)ncnc2[nH]1. The molecule has 3 heterocycles. The number of aromatic amines is 1. The Hall–Kier alpha value is -3.62. The minimum absolute atomic E-state index is 0.263. The number of carbonyl (C=O) groups is 2. The second-order valence-electron chi connectivity index (χ2n) is 6.22. The molecule has 3 aromatic rings. The maximum atomic E-state index is 12.5. The number of amides is 2. The Balaban J connectivity index is 1.57. The molecular formula is C18H18N6O3. The van der Waals surface area contributed by atoms with Gasteiger partial charge in [0.05, 0.1) is 5.39 Å². The summed E-state index contributed by atoms with van der Waals surface area (Å²) in [5, 5.41) is 12.7. The van der Waals surface area contributed by atoms with E-state index in [2.05, 4.69) is 20.3 Å². The lowest BCUT2D eigenvalue weighted by molar-refractivity contribution is 0.102. The lowest BCUT2D eigenvalue weighted by Crippen LogP contribution is -2.48. The maximum absolute atomic E-state index is 12.5. The molecule has 1 saturated heterocycles. The fourth-order valence-electron chi connectivity index (χ4n) is 3.13. The second kappa shape index (κ2) is 6.94. The highest BCUT2D eigenvalue weighted by Crippen LogP contribution is 2.25. The number of fused-ring (bicyclic) bond motifs is 1. The van der Waals surface area contributed by atoms with Gasteiger partial charge in [0, 0.05) is 31.9 Å². The van der Waals surface area contributed by atoms with Crippen molar-refractivity contribution in [2.24, 2.45) is 0 Å². The smallest absolute Gasteiger partial charge is 0.407 e. The van der Waals surface area contributed by atoms with Gasteiger partial charge in [0.15, 0.2) is 0 Å². The summed E-state index contributed by atoms with van der Waals surface area (Å²) in [7, 11) is 0. The Labute approximate surface area is 154 Å². The van der Waals surface area contributed by atoms with Crippen molar-refractivity contribution in [2.45, 2.75) is 0 Å². The predicted octanol–water partition coefficient (Wildman–Crippen LogP) is 2.01. The van der Waals surface area contributed by atoms with E-state index in [4.69, 9.17) is 5.11 Å². The van der Waals surface area contributed by atoms with Gasteiger partial charge in [0.2, 0.25) is 0 Å². The number of nitrogens with zero attached hydrogens (tertiary/aromatic N) is 4. The quantitative estimate of drug-likeness (QED) is 0.653. The van der Waals surface area contributed by atoms with Crippen LogP contribution in [0.5, 0.6) is 0 Å². The number of anilines is 2. The average molecular weight is 366 g/mol. The van der Waals surface area contributed by atoms with Crippen molar-refractivity contribution in [3.63, 3.8) is 0 Å². The highest BCUT2D eigenvalue weighted by Gasteiger charge is 2.23. The van der Waals surface area contributed by atoms with E-state index in [0.717, 1.165) is 5.39 Å². The van der Waals surface area contributed by atoms with Gasteiger partial charge in [0.25, 0.3) is 5.91 Å². The number of carbonyl (C=O) groups excluding carboxylic acids is 1. The third kappa shape index (κ3) is 3.39. The molecule has 0 spiro atoms. The van der Waals surface area contributed by atoms with Crippen molar-refractivity contribution in [1.29, 1.82) is 0 Å². The summed E-state index contributed by atoms with van der Waals surface area (Å²) in [5.74, 6) is 0.431. The number of hydrogen-bond donors (Lipinski definition) is 3. The molecule has 0 atom stereocenters. The van der Waals surface area contributed by atoms with E-state index in [-0.39, 0.29) is 5.91 Å². The van der Waals surface area contributed by atoms with Gasteiger partial charge in [-0.2, -0.15) is 0 Å². The van der Waals surface area contributed by atoms with Crippen molar-refractivity contribution >= 4 is 34.5 Å². The number of aromatic nitrogens is 3. The minimum Gasteiger partial charge on any atom is -0.465 e. The highest BCUT2D eigenvalue weighted by atomic mass is 16.4. The first kappa shape index (κ1) is 16.8. The molecular weight excluding hydrogens is 348 g/mol. The third-order valence-corrected chi connectivity index (χ3v) is 4.53. The van der Waals surface area contributed by atoms with Crippen LogP contribution in [0.1, 0.15) is 10.5 Å². The van der Waals surface area contributed by atoms with Crippen LogP contribution in [0.25, 0.3) is 11.0 Å². The molecule has 3 N–H and O–H groups in total. The van der Waals surface area contributed by atoms with E-state index < -0.39 is 6.09 Å². The van der Waals surface area contributed by atoms with Crippen LogP contribution in [0.15, 0.2) is 42.7 Å². The molecule has 0 aliphatic carbocycles. The van der Waals surface area contributed by atoms with E-state index in [9.17, 15) is 9.59 Å². The Bertz CT molecular complexity index is 979.